The van der Waals surface area contributed by atoms with E-state index in [1.165, 1.54) is 10.9 Å². The molecular formula is C10H13N5S. The zero-order valence-corrected chi connectivity index (χ0v) is 9.73. The average molecular weight is 235 g/mol. The van der Waals surface area contributed by atoms with Crippen molar-refractivity contribution in [2.75, 3.05) is 13.1 Å². The van der Waals surface area contributed by atoms with Crippen LogP contribution >= 0.6 is 11.8 Å². The predicted molar refractivity (Wildman–Crippen MR) is 63.9 cm³/mol. The summed E-state index contributed by atoms with van der Waals surface area (Å²) in [7, 11) is 0. The van der Waals surface area contributed by atoms with Crippen molar-refractivity contribution in [1.82, 2.24) is 19.7 Å². The fourth-order valence-corrected chi connectivity index (χ4v) is 2.90. The van der Waals surface area contributed by atoms with Gasteiger partial charge in [-0.1, -0.05) is 11.8 Å². The lowest BCUT2D eigenvalue weighted by Gasteiger charge is -2.25. The number of amidine groups is 1. The molecule has 0 spiro atoms. The van der Waals surface area contributed by atoms with E-state index in [1.54, 1.807) is 24.4 Å². The van der Waals surface area contributed by atoms with E-state index in [0.29, 0.717) is 0 Å². The molecule has 0 atom stereocenters. The molecule has 84 valence electrons. The maximum Gasteiger partial charge on any atom is 0.167 e. The monoisotopic (exact) mass is 235 g/mol. The molecule has 0 radical (unpaired) electrons. The van der Waals surface area contributed by atoms with Gasteiger partial charge in [-0.3, -0.25) is 4.99 Å². The van der Waals surface area contributed by atoms with Crippen LogP contribution in [-0.2, 0) is 6.54 Å². The Morgan fingerprint density at radius 2 is 2.19 bits per heavy atom. The zero-order chi connectivity index (χ0) is 10.8. The van der Waals surface area contributed by atoms with Crippen LogP contribution < -0.4 is 0 Å². The van der Waals surface area contributed by atoms with Gasteiger partial charge in [0.1, 0.15) is 12.7 Å². The second-order valence-electron chi connectivity index (χ2n) is 3.85. The Balaban J connectivity index is 1.64. The van der Waals surface area contributed by atoms with Gasteiger partial charge in [0.05, 0.1) is 0 Å². The standard InChI is InChI=1S/C10H13N5S/c1-3-11-10-15(4-1)9(6-16-10)2-5-14-7-12-13-8-14/h6-8H,1-5H2. The number of hydrogen-bond donors (Lipinski definition) is 0. The van der Waals surface area contributed by atoms with E-state index >= 15 is 0 Å². The Morgan fingerprint density at radius 3 is 3.06 bits per heavy atom. The van der Waals surface area contributed by atoms with Crippen LogP contribution in [-0.4, -0.2) is 37.9 Å². The molecule has 6 heteroatoms. The molecule has 0 saturated heterocycles. The third-order valence-electron chi connectivity index (χ3n) is 2.76. The van der Waals surface area contributed by atoms with E-state index < -0.39 is 0 Å². The van der Waals surface area contributed by atoms with Crippen LogP contribution in [0.1, 0.15) is 12.8 Å². The van der Waals surface area contributed by atoms with E-state index in [2.05, 4.69) is 25.5 Å². The van der Waals surface area contributed by atoms with Crippen LogP contribution in [0, 0.1) is 0 Å². The molecule has 0 amide bonds. The van der Waals surface area contributed by atoms with Crippen LogP contribution in [0.5, 0.6) is 0 Å². The Kier molecular flexibility index (Phi) is 2.65. The van der Waals surface area contributed by atoms with Crippen LogP contribution in [0.25, 0.3) is 0 Å². The van der Waals surface area contributed by atoms with Gasteiger partial charge in [-0.05, 0) is 11.8 Å². The van der Waals surface area contributed by atoms with Gasteiger partial charge in [-0.25, -0.2) is 0 Å². The SMILES string of the molecule is C1=C(CCn2cnnc2)N2CCCN=C2S1. The van der Waals surface area contributed by atoms with Gasteiger partial charge in [0.25, 0.3) is 0 Å². The van der Waals surface area contributed by atoms with Crippen LogP contribution in [0.4, 0.5) is 0 Å². The minimum atomic E-state index is 0.934. The van der Waals surface area contributed by atoms with Gasteiger partial charge in [0, 0.05) is 31.8 Å². The minimum absolute atomic E-state index is 0.934. The first kappa shape index (κ1) is 9.89. The van der Waals surface area contributed by atoms with Crippen molar-refractivity contribution in [3.05, 3.63) is 23.8 Å². The van der Waals surface area contributed by atoms with Crippen molar-refractivity contribution in [3.63, 3.8) is 0 Å². The highest BCUT2D eigenvalue weighted by Crippen LogP contribution is 2.30. The molecule has 5 nitrogen and oxygen atoms in total. The van der Waals surface area contributed by atoms with Gasteiger partial charge < -0.3 is 9.47 Å². The highest BCUT2D eigenvalue weighted by molar-refractivity contribution is 8.16. The summed E-state index contributed by atoms with van der Waals surface area (Å²) in [5, 5.41) is 11.0. The molecule has 0 unspecified atom stereocenters. The molecule has 0 N–H and O–H groups in total. The molecule has 2 aliphatic heterocycles. The summed E-state index contributed by atoms with van der Waals surface area (Å²) in [5.41, 5.74) is 1.37. The third-order valence-corrected chi connectivity index (χ3v) is 3.71. The van der Waals surface area contributed by atoms with E-state index in [4.69, 9.17) is 0 Å². The van der Waals surface area contributed by atoms with E-state index in [9.17, 15) is 0 Å². The number of allylic oxidation sites excluding steroid dienone is 1. The number of fused-ring (bicyclic) bond motifs is 1. The van der Waals surface area contributed by atoms with Crippen molar-refractivity contribution >= 4 is 16.9 Å². The number of thioether (sulfide) groups is 1. The number of nitrogens with zero attached hydrogens (tertiary/aromatic N) is 5. The lowest BCUT2D eigenvalue weighted by molar-refractivity contribution is 0.459. The summed E-state index contributed by atoms with van der Waals surface area (Å²) in [6.45, 7) is 3.02. The number of rotatable bonds is 3. The van der Waals surface area contributed by atoms with Gasteiger partial charge in [-0.2, -0.15) is 0 Å². The molecular weight excluding hydrogens is 222 g/mol. The summed E-state index contributed by atoms with van der Waals surface area (Å²) in [6.07, 6.45) is 5.69. The minimum Gasteiger partial charge on any atom is -0.324 e. The average Bonchev–Trinajstić information content (AvgIpc) is 2.96. The zero-order valence-electron chi connectivity index (χ0n) is 8.91. The molecule has 3 rings (SSSR count). The molecule has 0 fully saturated rings. The van der Waals surface area contributed by atoms with Gasteiger partial charge >= 0.3 is 0 Å². The third kappa shape index (κ3) is 1.84. The van der Waals surface area contributed by atoms with E-state index in [-0.39, 0.29) is 0 Å². The Labute approximate surface area is 98.3 Å². The summed E-state index contributed by atoms with van der Waals surface area (Å²) < 4.78 is 2.00. The Morgan fingerprint density at radius 1 is 1.31 bits per heavy atom. The quantitative estimate of drug-likeness (QED) is 0.792. The fourth-order valence-electron chi connectivity index (χ4n) is 1.91. The normalized spacial score (nSPS) is 19.4. The summed E-state index contributed by atoms with van der Waals surface area (Å²) in [5.74, 6) is 0. The Bertz CT molecular complexity index is 422. The number of aromatic nitrogens is 3. The topological polar surface area (TPSA) is 46.3 Å². The second kappa shape index (κ2) is 4.29. The smallest absolute Gasteiger partial charge is 0.167 e. The van der Waals surface area contributed by atoms with Crippen LogP contribution in [0.2, 0.25) is 0 Å². The molecule has 0 aliphatic carbocycles. The maximum atomic E-state index is 4.51. The van der Waals surface area contributed by atoms with Crippen molar-refractivity contribution in [1.29, 1.82) is 0 Å². The first-order valence-corrected chi connectivity index (χ1v) is 6.31. The van der Waals surface area contributed by atoms with Crippen molar-refractivity contribution in [3.8, 4) is 0 Å². The number of aliphatic imine (C=N–C) groups is 1. The highest BCUT2D eigenvalue weighted by Gasteiger charge is 2.24. The van der Waals surface area contributed by atoms with E-state index in [0.717, 1.165) is 32.5 Å². The van der Waals surface area contributed by atoms with Crippen LogP contribution in [0.3, 0.4) is 0 Å². The molecule has 0 saturated carbocycles. The van der Waals surface area contributed by atoms with Crippen LogP contribution in [0.15, 0.2) is 28.8 Å². The summed E-state index contributed by atoms with van der Waals surface area (Å²) in [6, 6.07) is 0. The molecule has 0 aromatic carbocycles. The molecule has 1 aromatic rings. The molecule has 2 aliphatic rings. The van der Waals surface area contributed by atoms with Crippen molar-refractivity contribution < 1.29 is 0 Å². The maximum absolute atomic E-state index is 4.51. The van der Waals surface area contributed by atoms with Gasteiger partial charge in [0.15, 0.2) is 5.17 Å². The van der Waals surface area contributed by atoms with Gasteiger partial charge in [0.2, 0.25) is 0 Å². The molecule has 1 aromatic heterocycles. The van der Waals surface area contributed by atoms with E-state index in [1.807, 2.05) is 4.57 Å². The lowest BCUT2D eigenvalue weighted by atomic mass is 10.2. The number of aryl methyl sites for hydroxylation is 1. The largest absolute Gasteiger partial charge is 0.324 e. The number of hydrogen-bond acceptors (Lipinski definition) is 5. The summed E-state index contributed by atoms with van der Waals surface area (Å²) >= 11 is 1.74. The lowest BCUT2D eigenvalue weighted by Crippen LogP contribution is -2.30. The van der Waals surface area contributed by atoms with Crippen molar-refractivity contribution in [2.45, 2.75) is 19.4 Å². The molecule has 0 bridgehead atoms. The molecule has 16 heavy (non-hydrogen) atoms. The summed E-state index contributed by atoms with van der Waals surface area (Å²) in [4.78, 5) is 6.84. The first-order valence-electron chi connectivity index (χ1n) is 5.43. The van der Waals surface area contributed by atoms with Crippen molar-refractivity contribution in [2.24, 2.45) is 4.99 Å². The predicted octanol–water partition coefficient (Wildman–Crippen LogP) is 1.32. The molecule has 3 heterocycles. The Hall–Kier alpha value is -1.30. The fraction of sp³-hybridized carbons (Fsp3) is 0.500. The first-order chi connectivity index (χ1) is 7.93. The highest BCUT2D eigenvalue weighted by atomic mass is 32.2. The second-order valence-corrected chi connectivity index (χ2v) is 4.68. The van der Waals surface area contributed by atoms with Gasteiger partial charge in [-0.15, -0.1) is 10.2 Å².